The Labute approximate surface area is 155 Å². The summed E-state index contributed by atoms with van der Waals surface area (Å²) in [6.07, 6.45) is 0.914. The van der Waals surface area contributed by atoms with Crippen molar-refractivity contribution in [2.45, 2.75) is 13.0 Å². The van der Waals surface area contributed by atoms with Crippen molar-refractivity contribution < 1.29 is 19.2 Å². The Balaban J connectivity index is 1.82. The number of pyridine rings is 1. The molecule has 134 valence electrons. The first kappa shape index (κ1) is 17.8. The molecule has 10 heteroatoms. The highest BCUT2D eigenvalue weighted by atomic mass is 79.9. The molecule has 2 aromatic heterocycles. The van der Waals surface area contributed by atoms with E-state index >= 15 is 0 Å². The molecule has 1 aromatic carbocycles. The van der Waals surface area contributed by atoms with Crippen molar-refractivity contribution in [1.29, 1.82) is 0 Å². The number of carbonyl (C=O) groups excluding carboxylic acids is 1. The van der Waals surface area contributed by atoms with Crippen LogP contribution in [0.5, 0.6) is 5.75 Å². The molecule has 9 nitrogen and oxygen atoms in total. The van der Waals surface area contributed by atoms with E-state index in [0.717, 1.165) is 10.5 Å². The number of aromatic amines is 1. The zero-order valence-corrected chi connectivity index (χ0v) is 15.3. The number of ether oxygens (including phenoxy) is 2. The summed E-state index contributed by atoms with van der Waals surface area (Å²) in [5, 5.41) is 11.1. The molecule has 0 aliphatic rings. The maximum absolute atomic E-state index is 12.3. The number of aromatic nitrogens is 3. The number of nitro groups is 1. The third-order valence-corrected chi connectivity index (χ3v) is 4.04. The van der Waals surface area contributed by atoms with Gasteiger partial charge in [-0.25, -0.2) is 14.8 Å². The molecule has 0 saturated carbocycles. The van der Waals surface area contributed by atoms with Crippen LogP contribution in [0, 0.1) is 10.1 Å². The van der Waals surface area contributed by atoms with Gasteiger partial charge in [-0.1, -0.05) is 0 Å². The van der Waals surface area contributed by atoms with E-state index in [2.05, 4.69) is 30.9 Å². The number of halogens is 1. The van der Waals surface area contributed by atoms with Crippen molar-refractivity contribution in [3.63, 3.8) is 0 Å². The third-order valence-electron chi connectivity index (χ3n) is 3.60. The SMILES string of the molecule is COc1ccc(C(=O)OC(C)c2nc3ncc(Br)cc3[nH]2)cc1[N+](=O)[O-]. The number of methoxy groups -OCH3 is 1. The zero-order chi connectivity index (χ0) is 18.8. The fourth-order valence-electron chi connectivity index (χ4n) is 2.33. The van der Waals surface area contributed by atoms with Crippen molar-refractivity contribution in [3.05, 3.63) is 56.4 Å². The van der Waals surface area contributed by atoms with Crippen molar-refractivity contribution in [2.75, 3.05) is 7.11 Å². The van der Waals surface area contributed by atoms with Gasteiger partial charge in [-0.15, -0.1) is 0 Å². The fraction of sp³-hybridized carbons (Fsp3) is 0.188. The molecule has 1 atom stereocenters. The number of hydrogen-bond donors (Lipinski definition) is 1. The average Bonchev–Trinajstić information content (AvgIpc) is 3.04. The molecule has 0 radical (unpaired) electrons. The summed E-state index contributed by atoms with van der Waals surface area (Å²) in [5.41, 5.74) is 0.914. The zero-order valence-electron chi connectivity index (χ0n) is 13.7. The van der Waals surface area contributed by atoms with Gasteiger partial charge < -0.3 is 14.5 Å². The van der Waals surface area contributed by atoms with Crippen molar-refractivity contribution >= 4 is 38.8 Å². The first-order valence-electron chi connectivity index (χ1n) is 7.43. The van der Waals surface area contributed by atoms with Crippen LogP contribution in [0.2, 0.25) is 0 Å². The standard InChI is InChI=1S/C16H13BrN4O5/c1-8(14-19-11-6-10(17)7-18-15(11)20-14)26-16(22)9-3-4-13(25-2)12(5-9)21(23)24/h3-8H,1-2H3,(H,18,19,20). The summed E-state index contributed by atoms with van der Waals surface area (Å²) in [4.78, 5) is 34.2. The van der Waals surface area contributed by atoms with Gasteiger partial charge in [-0.3, -0.25) is 10.1 Å². The van der Waals surface area contributed by atoms with Crippen molar-refractivity contribution in [2.24, 2.45) is 0 Å². The van der Waals surface area contributed by atoms with Gasteiger partial charge in [-0.05, 0) is 41.1 Å². The van der Waals surface area contributed by atoms with E-state index in [1.165, 1.54) is 19.2 Å². The van der Waals surface area contributed by atoms with Crippen LogP contribution >= 0.6 is 15.9 Å². The quantitative estimate of drug-likeness (QED) is 0.380. The third kappa shape index (κ3) is 3.49. The van der Waals surface area contributed by atoms with Crippen molar-refractivity contribution in [1.82, 2.24) is 15.0 Å². The molecule has 0 spiro atoms. The predicted molar refractivity (Wildman–Crippen MR) is 95.1 cm³/mol. The van der Waals surface area contributed by atoms with E-state index in [0.29, 0.717) is 17.0 Å². The molecule has 26 heavy (non-hydrogen) atoms. The van der Waals surface area contributed by atoms with Crippen LogP contribution in [0.15, 0.2) is 34.9 Å². The lowest BCUT2D eigenvalue weighted by Gasteiger charge is -2.11. The van der Waals surface area contributed by atoms with Gasteiger partial charge in [0.25, 0.3) is 0 Å². The van der Waals surface area contributed by atoms with E-state index in [1.54, 1.807) is 19.2 Å². The second-order valence-electron chi connectivity index (χ2n) is 5.34. The number of nitrogens with one attached hydrogen (secondary N) is 1. The number of benzene rings is 1. The number of rotatable bonds is 5. The largest absolute Gasteiger partial charge is 0.490 e. The van der Waals surface area contributed by atoms with Gasteiger partial charge in [0.2, 0.25) is 0 Å². The lowest BCUT2D eigenvalue weighted by molar-refractivity contribution is -0.385. The number of nitrogens with zero attached hydrogens (tertiary/aromatic N) is 3. The number of esters is 1. The van der Waals surface area contributed by atoms with Gasteiger partial charge in [0.1, 0.15) is 5.82 Å². The lowest BCUT2D eigenvalue weighted by Crippen LogP contribution is -2.11. The molecular weight excluding hydrogens is 408 g/mol. The molecule has 2 heterocycles. The maximum Gasteiger partial charge on any atom is 0.339 e. The molecule has 0 bridgehead atoms. The first-order chi connectivity index (χ1) is 12.4. The van der Waals surface area contributed by atoms with Crippen LogP contribution in [0.25, 0.3) is 11.2 Å². The second kappa shape index (κ2) is 7.08. The van der Waals surface area contributed by atoms with Gasteiger partial charge in [0.15, 0.2) is 17.5 Å². The van der Waals surface area contributed by atoms with E-state index in [9.17, 15) is 14.9 Å². The van der Waals surface area contributed by atoms with Crippen LogP contribution in [0.4, 0.5) is 5.69 Å². The molecule has 1 unspecified atom stereocenters. The average molecular weight is 421 g/mol. The summed E-state index contributed by atoms with van der Waals surface area (Å²) in [5.74, 6) is -0.228. The molecule has 3 aromatic rings. The molecular formula is C16H13BrN4O5. The number of imidazole rings is 1. The number of hydrogen-bond acceptors (Lipinski definition) is 7. The monoisotopic (exact) mass is 420 g/mol. The Morgan fingerprint density at radius 2 is 2.15 bits per heavy atom. The minimum atomic E-state index is -0.710. The topological polar surface area (TPSA) is 120 Å². The molecule has 3 rings (SSSR count). The summed E-state index contributed by atoms with van der Waals surface area (Å²) < 4.78 is 11.1. The lowest BCUT2D eigenvalue weighted by atomic mass is 10.2. The fourth-order valence-corrected chi connectivity index (χ4v) is 2.66. The Morgan fingerprint density at radius 3 is 2.85 bits per heavy atom. The van der Waals surface area contributed by atoms with E-state index in [-0.39, 0.29) is 17.0 Å². The Hall–Kier alpha value is -3.01. The highest BCUT2D eigenvalue weighted by molar-refractivity contribution is 9.10. The summed E-state index contributed by atoms with van der Waals surface area (Å²) in [6.45, 7) is 1.64. The Morgan fingerprint density at radius 1 is 1.38 bits per heavy atom. The van der Waals surface area contributed by atoms with Gasteiger partial charge >= 0.3 is 11.7 Å². The molecule has 1 N–H and O–H groups in total. The highest BCUT2D eigenvalue weighted by Gasteiger charge is 2.22. The Kier molecular flexibility index (Phi) is 4.85. The second-order valence-corrected chi connectivity index (χ2v) is 6.25. The number of nitro benzene ring substituents is 1. The highest BCUT2D eigenvalue weighted by Crippen LogP contribution is 2.28. The Bertz CT molecular complexity index is 1000. The van der Waals surface area contributed by atoms with Crippen LogP contribution in [-0.4, -0.2) is 33.0 Å². The summed E-state index contributed by atoms with van der Waals surface area (Å²) in [7, 11) is 1.32. The number of H-pyrrole nitrogens is 1. The molecule has 0 amide bonds. The normalized spacial score (nSPS) is 12.0. The summed E-state index contributed by atoms with van der Waals surface area (Å²) >= 11 is 3.32. The van der Waals surface area contributed by atoms with Crippen LogP contribution in [0.1, 0.15) is 29.2 Å². The molecule has 0 aliphatic heterocycles. The van der Waals surface area contributed by atoms with Crippen LogP contribution in [-0.2, 0) is 4.74 Å². The smallest absolute Gasteiger partial charge is 0.339 e. The van der Waals surface area contributed by atoms with Crippen molar-refractivity contribution in [3.8, 4) is 5.75 Å². The minimum absolute atomic E-state index is 0.0429. The van der Waals surface area contributed by atoms with Crippen LogP contribution < -0.4 is 4.74 Å². The number of carbonyl (C=O) groups is 1. The first-order valence-corrected chi connectivity index (χ1v) is 8.23. The summed E-state index contributed by atoms with van der Waals surface area (Å²) in [6, 6.07) is 5.67. The maximum atomic E-state index is 12.3. The van der Waals surface area contributed by atoms with Gasteiger partial charge in [-0.2, -0.15) is 0 Å². The van der Waals surface area contributed by atoms with E-state index < -0.39 is 17.0 Å². The van der Waals surface area contributed by atoms with Gasteiger partial charge in [0.05, 0.1) is 23.1 Å². The molecule has 0 aliphatic carbocycles. The van der Waals surface area contributed by atoms with E-state index in [1.807, 2.05) is 0 Å². The van der Waals surface area contributed by atoms with Gasteiger partial charge in [0, 0.05) is 16.7 Å². The molecule has 0 fully saturated rings. The number of fused-ring (bicyclic) bond motifs is 1. The molecule has 0 saturated heterocycles. The minimum Gasteiger partial charge on any atom is -0.490 e. The van der Waals surface area contributed by atoms with Crippen LogP contribution in [0.3, 0.4) is 0 Å². The predicted octanol–water partition coefficient (Wildman–Crippen LogP) is 3.56. The van der Waals surface area contributed by atoms with E-state index in [4.69, 9.17) is 9.47 Å².